The van der Waals surface area contributed by atoms with E-state index in [1.807, 2.05) is 18.2 Å². The normalized spacial score (nSPS) is 10.4. The van der Waals surface area contributed by atoms with E-state index >= 15 is 0 Å². The lowest BCUT2D eigenvalue weighted by atomic mass is 10.00. The van der Waals surface area contributed by atoms with E-state index in [2.05, 4.69) is 28.9 Å². The maximum atomic E-state index is 12.4. The third-order valence-corrected chi connectivity index (χ3v) is 3.68. The lowest BCUT2D eigenvalue weighted by molar-refractivity contribution is 0.103. The molecule has 0 fully saturated rings. The Morgan fingerprint density at radius 1 is 1.16 bits per heavy atom. The molecule has 2 rings (SSSR count). The van der Waals surface area contributed by atoms with Gasteiger partial charge in [-0.1, -0.05) is 31.5 Å². The molecule has 0 spiro atoms. The van der Waals surface area contributed by atoms with Crippen molar-refractivity contribution in [3.63, 3.8) is 0 Å². The molecular weight excluding hydrogens is 302 g/mol. The number of rotatable bonds is 4. The van der Waals surface area contributed by atoms with Crippen LogP contribution in [0.25, 0.3) is 0 Å². The molecule has 2 nitrogen and oxygen atoms in total. The topological polar surface area (TPSA) is 43.1 Å². The number of ketones is 1. The first-order valence-electron chi connectivity index (χ1n) is 6.30. The van der Waals surface area contributed by atoms with Crippen molar-refractivity contribution in [3.8, 4) is 0 Å². The Hall–Kier alpha value is -1.61. The predicted molar refractivity (Wildman–Crippen MR) is 82.4 cm³/mol. The van der Waals surface area contributed by atoms with E-state index in [9.17, 15) is 4.79 Å². The first-order chi connectivity index (χ1) is 9.11. The largest absolute Gasteiger partial charge is 0.398 e. The molecule has 3 heteroatoms. The molecule has 0 aliphatic rings. The molecule has 0 radical (unpaired) electrons. The highest BCUT2D eigenvalue weighted by Gasteiger charge is 2.10. The third kappa shape index (κ3) is 3.24. The van der Waals surface area contributed by atoms with Gasteiger partial charge in [-0.25, -0.2) is 0 Å². The lowest BCUT2D eigenvalue weighted by Crippen LogP contribution is -2.02. The van der Waals surface area contributed by atoms with Gasteiger partial charge in [-0.05, 0) is 52.2 Å². The van der Waals surface area contributed by atoms with Gasteiger partial charge in [-0.15, -0.1) is 0 Å². The van der Waals surface area contributed by atoms with Gasteiger partial charge in [0.1, 0.15) is 0 Å². The zero-order valence-electron chi connectivity index (χ0n) is 10.8. The molecular formula is C16H16BrNO. The summed E-state index contributed by atoms with van der Waals surface area (Å²) in [5.41, 5.74) is 8.94. The van der Waals surface area contributed by atoms with E-state index in [1.54, 1.807) is 18.2 Å². The maximum Gasteiger partial charge on any atom is 0.193 e. The summed E-state index contributed by atoms with van der Waals surface area (Å²) in [6, 6.07) is 13.1. The summed E-state index contributed by atoms with van der Waals surface area (Å²) in [4.78, 5) is 12.4. The number of halogens is 1. The van der Waals surface area contributed by atoms with Crippen LogP contribution in [-0.2, 0) is 6.42 Å². The van der Waals surface area contributed by atoms with E-state index in [4.69, 9.17) is 5.73 Å². The second kappa shape index (κ2) is 6.02. The van der Waals surface area contributed by atoms with Gasteiger partial charge in [0.25, 0.3) is 0 Å². The zero-order valence-corrected chi connectivity index (χ0v) is 12.4. The van der Waals surface area contributed by atoms with Crippen LogP contribution in [0.2, 0.25) is 0 Å². The molecule has 2 aromatic rings. The van der Waals surface area contributed by atoms with Crippen LogP contribution in [-0.4, -0.2) is 5.78 Å². The smallest absolute Gasteiger partial charge is 0.193 e. The number of anilines is 1. The fourth-order valence-electron chi connectivity index (χ4n) is 1.99. The van der Waals surface area contributed by atoms with E-state index in [0.717, 1.165) is 22.9 Å². The molecule has 2 aromatic carbocycles. The van der Waals surface area contributed by atoms with Crippen LogP contribution in [0.1, 0.15) is 34.8 Å². The summed E-state index contributed by atoms with van der Waals surface area (Å²) in [7, 11) is 0. The molecule has 0 heterocycles. The molecule has 0 saturated heterocycles. The second-order valence-corrected chi connectivity index (χ2v) is 5.37. The molecule has 0 unspecified atom stereocenters. The lowest BCUT2D eigenvalue weighted by Gasteiger charge is -2.06. The van der Waals surface area contributed by atoms with Crippen molar-refractivity contribution in [3.05, 3.63) is 63.6 Å². The molecule has 0 aliphatic heterocycles. The summed E-state index contributed by atoms with van der Waals surface area (Å²) in [6.45, 7) is 2.13. The number of nitrogen functional groups attached to an aromatic ring is 1. The number of hydrogen-bond donors (Lipinski definition) is 1. The van der Waals surface area contributed by atoms with Gasteiger partial charge in [-0.2, -0.15) is 0 Å². The Morgan fingerprint density at radius 2 is 1.89 bits per heavy atom. The van der Waals surface area contributed by atoms with E-state index in [1.165, 1.54) is 5.56 Å². The number of carbonyl (C=O) groups is 1. The van der Waals surface area contributed by atoms with Crippen LogP contribution in [0, 0.1) is 0 Å². The van der Waals surface area contributed by atoms with Gasteiger partial charge in [0.2, 0.25) is 0 Å². The first kappa shape index (κ1) is 13.8. The van der Waals surface area contributed by atoms with Crippen LogP contribution in [0.3, 0.4) is 0 Å². The molecule has 98 valence electrons. The van der Waals surface area contributed by atoms with Crippen molar-refractivity contribution in [1.29, 1.82) is 0 Å². The summed E-state index contributed by atoms with van der Waals surface area (Å²) in [5, 5.41) is 0. The Balaban J connectivity index is 2.32. The minimum atomic E-state index is 0.0265. The predicted octanol–water partition coefficient (Wildman–Crippen LogP) is 4.21. The average molecular weight is 318 g/mol. The van der Waals surface area contributed by atoms with Gasteiger partial charge in [-0.3, -0.25) is 4.79 Å². The van der Waals surface area contributed by atoms with Gasteiger partial charge < -0.3 is 5.73 Å². The summed E-state index contributed by atoms with van der Waals surface area (Å²) in [6.07, 6.45) is 2.07. The van der Waals surface area contributed by atoms with Crippen LogP contribution in [0.4, 0.5) is 5.69 Å². The summed E-state index contributed by atoms with van der Waals surface area (Å²) in [5.74, 6) is 0.0265. The number of carbonyl (C=O) groups excluding carboxylic acids is 1. The van der Waals surface area contributed by atoms with Crippen LogP contribution in [0.15, 0.2) is 46.9 Å². The van der Waals surface area contributed by atoms with Crippen molar-refractivity contribution in [2.75, 3.05) is 5.73 Å². The Labute approximate surface area is 121 Å². The highest BCUT2D eigenvalue weighted by molar-refractivity contribution is 9.10. The molecule has 0 atom stereocenters. The zero-order chi connectivity index (χ0) is 13.8. The fourth-order valence-corrected chi connectivity index (χ4v) is 2.37. The molecule has 0 aliphatic carbocycles. The summed E-state index contributed by atoms with van der Waals surface area (Å²) < 4.78 is 0.753. The van der Waals surface area contributed by atoms with Crippen molar-refractivity contribution in [1.82, 2.24) is 0 Å². The fraction of sp³-hybridized carbons (Fsp3) is 0.188. The van der Waals surface area contributed by atoms with Gasteiger partial charge in [0.05, 0.1) is 0 Å². The molecule has 0 aromatic heterocycles. The first-order valence-corrected chi connectivity index (χ1v) is 7.09. The van der Waals surface area contributed by atoms with E-state index in [0.29, 0.717) is 11.3 Å². The number of nitrogens with two attached hydrogens (primary N) is 1. The third-order valence-electron chi connectivity index (χ3n) is 2.99. The molecule has 0 amide bonds. The van der Waals surface area contributed by atoms with E-state index in [-0.39, 0.29) is 5.78 Å². The van der Waals surface area contributed by atoms with Crippen molar-refractivity contribution < 1.29 is 4.79 Å². The Bertz CT molecular complexity index is 607. The number of aryl methyl sites for hydroxylation is 1. The Kier molecular flexibility index (Phi) is 4.38. The maximum absolute atomic E-state index is 12.4. The monoisotopic (exact) mass is 317 g/mol. The SMILES string of the molecule is CCCc1cccc(C(=O)c2ccc(N)c(Br)c2)c1. The number of benzene rings is 2. The quantitative estimate of drug-likeness (QED) is 0.678. The van der Waals surface area contributed by atoms with Crippen molar-refractivity contribution in [2.24, 2.45) is 0 Å². The van der Waals surface area contributed by atoms with Crippen LogP contribution in [0.5, 0.6) is 0 Å². The van der Waals surface area contributed by atoms with Crippen molar-refractivity contribution in [2.45, 2.75) is 19.8 Å². The van der Waals surface area contributed by atoms with Gasteiger partial charge >= 0.3 is 0 Å². The Morgan fingerprint density at radius 3 is 2.58 bits per heavy atom. The average Bonchev–Trinajstić information content (AvgIpc) is 2.42. The second-order valence-electron chi connectivity index (χ2n) is 4.52. The minimum Gasteiger partial charge on any atom is -0.398 e. The van der Waals surface area contributed by atoms with Gasteiger partial charge in [0.15, 0.2) is 5.78 Å². The molecule has 19 heavy (non-hydrogen) atoms. The van der Waals surface area contributed by atoms with E-state index < -0.39 is 0 Å². The van der Waals surface area contributed by atoms with Gasteiger partial charge in [0, 0.05) is 21.3 Å². The number of hydrogen-bond acceptors (Lipinski definition) is 2. The summed E-state index contributed by atoms with van der Waals surface area (Å²) >= 11 is 3.35. The van der Waals surface area contributed by atoms with Crippen LogP contribution >= 0.6 is 15.9 Å². The highest BCUT2D eigenvalue weighted by Crippen LogP contribution is 2.22. The van der Waals surface area contributed by atoms with Crippen molar-refractivity contribution >= 4 is 27.4 Å². The van der Waals surface area contributed by atoms with Crippen LogP contribution < -0.4 is 5.73 Å². The minimum absolute atomic E-state index is 0.0265. The highest BCUT2D eigenvalue weighted by atomic mass is 79.9. The standard InChI is InChI=1S/C16H16BrNO/c1-2-4-11-5-3-6-12(9-11)16(19)13-7-8-15(18)14(17)10-13/h3,5-10H,2,4,18H2,1H3. The molecule has 2 N–H and O–H groups in total. The molecule has 0 bridgehead atoms. The molecule has 0 saturated carbocycles.